The van der Waals surface area contributed by atoms with Gasteiger partial charge >= 0.3 is 0 Å². The number of pyridine rings is 1. The summed E-state index contributed by atoms with van der Waals surface area (Å²) in [5.41, 5.74) is 0.352. The van der Waals surface area contributed by atoms with Crippen LogP contribution in [0.15, 0.2) is 18.3 Å². The Bertz CT molecular complexity index is 382. The Balaban J connectivity index is 2.85. The first kappa shape index (κ1) is 13.5. The molecule has 0 aliphatic heterocycles. The van der Waals surface area contributed by atoms with E-state index < -0.39 is 0 Å². The van der Waals surface area contributed by atoms with E-state index in [2.05, 4.69) is 22.5 Å². The summed E-state index contributed by atoms with van der Waals surface area (Å²) in [5.74, 6) is 0.556. The molecular formula is C13H21N3O. The van der Waals surface area contributed by atoms with Gasteiger partial charge in [0.1, 0.15) is 5.82 Å². The monoisotopic (exact) mass is 235 g/mol. The molecule has 4 nitrogen and oxygen atoms in total. The minimum Gasteiger partial charge on any atom is -0.369 e. The summed E-state index contributed by atoms with van der Waals surface area (Å²) in [5, 5.41) is 6.09. The molecule has 0 spiro atoms. The summed E-state index contributed by atoms with van der Waals surface area (Å²) < 4.78 is 0. The first-order valence-electron chi connectivity index (χ1n) is 5.95. The molecule has 1 amide bonds. The number of aromatic nitrogens is 1. The van der Waals surface area contributed by atoms with Crippen LogP contribution in [0.2, 0.25) is 0 Å². The van der Waals surface area contributed by atoms with Crippen LogP contribution in [0.4, 0.5) is 5.82 Å². The highest BCUT2D eigenvalue weighted by molar-refractivity contribution is 5.99. The van der Waals surface area contributed by atoms with Gasteiger partial charge in [-0.05, 0) is 39.3 Å². The molecule has 1 rings (SSSR count). The molecule has 0 unspecified atom stereocenters. The van der Waals surface area contributed by atoms with Crippen LogP contribution in [0.5, 0.6) is 0 Å². The molecule has 0 aliphatic rings. The highest BCUT2D eigenvalue weighted by Crippen LogP contribution is 2.13. The van der Waals surface area contributed by atoms with Crippen LogP contribution >= 0.6 is 0 Å². The lowest BCUT2D eigenvalue weighted by atomic mass is 10.1. The van der Waals surface area contributed by atoms with Crippen LogP contribution in [-0.2, 0) is 0 Å². The largest absolute Gasteiger partial charge is 0.369 e. The lowest BCUT2D eigenvalue weighted by Crippen LogP contribution is -2.40. The van der Waals surface area contributed by atoms with Crippen molar-refractivity contribution in [1.82, 2.24) is 10.3 Å². The molecule has 0 atom stereocenters. The second-order valence-corrected chi connectivity index (χ2v) is 5.03. The van der Waals surface area contributed by atoms with Crippen LogP contribution < -0.4 is 10.6 Å². The zero-order valence-corrected chi connectivity index (χ0v) is 11.0. The third kappa shape index (κ3) is 4.43. The van der Waals surface area contributed by atoms with Gasteiger partial charge in [-0.15, -0.1) is 0 Å². The van der Waals surface area contributed by atoms with Gasteiger partial charge in [0.15, 0.2) is 0 Å². The van der Waals surface area contributed by atoms with Crippen LogP contribution in [0.1, 0.15) is 44.5 Å². The molecule has 0 bridgehead atoms. The Morgan fingerprint density at radius 3 is 2.71 bits per heavy atom. The van der Waals surface area contributed by atoms with Crippen LogP contribution in [0, 0.1) is 0 Å². The summed E-state index contributed by atoms with van der Waals surface area (Å²) in [7, 11) is 0. The SMILES string of the molecule is CCCNc1ncccc1C(=O)NC(C)(C)C. The zero-order valence-electron chi connectivity index (χ0n) is 11.0. The maximum absolute atomic E-state index is 12.1. The molecule has 17 heavy (non-hydrogen) atoms. The molecule has 1 aromatic heterocycles. The van der Waals surface area contributed by atoms with Crippen molar-refractivity contribution in [3.05, 3.63) is 23.9 Å². The molecule has 4 heteroatoms. The van der Waals surface area contributed by atoms with E-state index >= 15 is 0 Å². The average Bonchev–Trinajstić information content (AvgIpc) is 2.24. The fourth-order valence-electron chi connectivity index (χ4n) is 1.38. The molecule has 0 radical (unpaired) electrons. The molecule has 0 saturated carbocycles. The van der Waals surface area contributed by atoms with Crippen molar-refractivity contribution in [1.29, 1.82) is 0 Å². The third-order valence-corrected chi connectivity index (χ3v) is 2.08. The molecule has 0 fully saturated rings. The highest BCUT2D eigenvalue weighted by Gasteiger charge is 2.18. The molecule has 94 valence electrons. The Morgan fingerprint density at radius 2 is 2.12 bits per heavy atom. The smallest absolute Gasteiger partial charge is 0.255 e. The normalized spacial score (nSPS) is 11.1. The van der Waals surface area contributed by atoms with E-state index in [1.165, 1.54) is 0 Å². The van der Waals surface area contributed by atoms with E-state index in [4.69, 9.17) is 0 Å². The number of carbonyl (C=O) groups excluding carboxylic acids is 1. The van der Waals surface area contributed by atoms with Gasteiger partial charge in [-0.25, -0.2) is 4.98 Å². The van der Waals surface area contributed by atoms with E-state index in [0.29, 0.717) is 11.4 Å². The molecule has 0 aromatic carbocycles. The average molecular weight is 235 g/mol. The van der Waals surface area contributed by atoms with Gasteiger partial charge in [0.25, 0.3) is 5.91 Å². The van der Waals surface area contributed by atoms with Crippen molar-refractivity contribution in [2.75, 3.05) is 11.9 Å². The van der Waals surface area contributed by atoms with E-state index in [1.54, 1.807) is 18.3 Å². The third-order valence-electron chi connectivity index (χ3n) is 2.08. The number of nitrogens with zero attached hydrogens (tertiary/aromatic N) is 1. The number of rotatable bonds is 4. The second kappa shape index (κ2) is 5.66. The highest BCUT2D eigenvalue weighted by atomic mass is 16.1. The van der Waals surface area contributed by atoms with Gasteiger partial charge in [0, 0.05) is 18.3 Å². The lowest BCUT2D eigenvalue weighted by molar-refractivity contribution is 0.0920. The Morgan fingerprint density at radius 1 is 1.41 bits per heavy atom. The maximum atomic E-state index is 12.1. The minimum atomic E-state index is -0.241. The van der Waals surface area contributed by atoms with Crippen molar-refractivity contribution in [3.63, 3.8) is 0 Å². The topological polar surface area (TPSA) is 54.0 Å². The Labute approximate surface area is 103 Å². The van der Waals surface area contributed by atoms with E-state index in [-0.39, 0.29) is 11.4 Å². The van der Waals surface area contributed by atoms with Gasteiger partial charge in [-0.2, -0.15) is 0 Å². The molecule has 0 saturated heterocycles. The number of carbonyl (C=O) groups is 1. The van der Waals surface area contributed by atoms with Crippen molar-refractivity contribution >= 4 is 11.7 Å². The number of amides is 1. The molecular weight excluding hydrogens is 214 g/mol. The van der Waals surface area contributed by atoms with Crippen LogP contribution in [0.25, 0.3) is 0 Å². The molecule has 1 aromatic rings. The van der Waals surface area contributed by atoms with Gasteiger partial charge in [0.05, 0.1) is 5.56 Å². The predicted octanol–water partition coefficient (Wildman–Crippen LogP) is 2.43. The van der Waals surface area contributed by atoms with Gasteiger partial charge in [-0.1, -0.05) is 6.92 Å². The van der Waals surface area contributed by atoms with Crippen molar-refractivity contribution < 1.29 is 4.79 Å². The van der Waals surface area contributed by atoms with Gasteiger partial charge < -0.3 is 10.6 Å². The summed E-state index contributed by atoms with van der Waals surface area (Å²) in [6.07, 6.45) is 2.68. The van der Waals surface area contributed by atoms with E-state index in [0.717, 1.165) is 13.0 Å². The summed E-state index contributed by atoms with van der Waals surface area (Å²) in [6, 6.07) is 3.56. The second-order valence-electron chi connectivity index (χ2n) is 5.03. The van der Waals surface area contributed by atoms with Crippen molar-refractivity contribution in [2.45, 2.75) is 39.7 Å². The fraction of sp³-hybridized carbons (Fsp3) is 0.538. The van der Waals surface area contributed by atoms with E-state index in [1.807, 2.05) is 20.8 Å². The lowest BCUT2D eigenvalue weighted by Gasteiger charge is -2.21. The predicted molar refractivity (Wildman–Crippen MR) is 70.2 cm³/mol. The standard InChI is InChI=1S/C13H21N3O/c1-5-8-14-11-10(7-6-9-15-11)12(17)16-13(2,3)4/h6-7,9H,5,8H2,1-4H3,(H,14,15)(H,16,17). The molecule has 2 N–H and O–H groups in total. The quantitative estimate of drug-likeness (QED) is 0.842. The number of anilines is 1. The number of nitrogens with one attached hydrogen (secondary N) is 2. The Kier molecular flexibility index (Phi) is 4.49. The van der Waals surface area contributed by atoms with Crippen LogP contribution in [0.3, 0.4) is 0 Å². The minimum absolute atomic E-state index is 0.0933. The first-order chi connectivity index (χ1) is 7.94. The van der Waals surface area contributed by atoms with Crippen molar-refractivity contribution in [2.24, 2.45) is 0 Å². The fourth-order valence-corrected chi connectivity index (χ4v) is 1.38. The molecule has 0 aliphatic carbocycles. The van der Waals surface area contributed by atoms with Crippen molar-refractivity contribution in [3.8, 4) is 0 Å². The number of hydrogen-bond acceptors (Lipinski definition) is 3. The van der Waals surface area contributed by atoms with Gasteiger partial charge in [0.2, 0.25) is 0 Å². The first-order valence-corrected chi connectivity index (χ1v) is 5.95. The summed E-state index contributed by atoms with van der Waals surface area (Å²) >= 11 is 0. The summed E-state index contributed by atoms with van der Waals surface area (Å²) in [6.45, 7) is 8.76. The van der Waals surface area contributed by atoms with E-state index in [9.17, 15) is 4.79 Å². The maximum Gasteiger partial charge on any atom is 0.255 e. The Hall–Kier alpha value is -1.58. The zero-order chi connectivity index (χ0) is 12.9. The van der Waals surface area contributed by atoms with Gasteiger partial charge in [-0.3, -0.25) is 4.79 Å². The van der Waals surface area contributed by atoms with Crippen LogP contribution in [-0.4, -0.2) is 23.0 Å². The number of hydrogen-bond donors (Lipinski definition) is 2. The molecule has 1 heterocycles. The summed E-state index contributed by atoms with van der Waals surface area (Å²) in [4.78, 5) is 16.2.